The van der Waals surface area contributed by atoms with Gasteiger partial charge in [-0.3, -0.25) is 9.69 Å². The van der Waals surface area contributed by atoms with Gasteiger partial charge in [0.05, 0.1) is 11.8 Å². The number of carbonyl (C=O) groups excluding carboxylic acids is 1. The van der Waals surface area contributed by atoms with Crippen LogP contribution in [0.4, 0.5) is 11.6 Å². The predicted molar refractivity (Wildman–Crippen MR) is 106 cm³/mol. The molecule has 7 heteroatoms. The molecule has 1 N–H and O–H groups in total. The van der Waals surface area contributed by atoms with Gasteiger partial charge in [-0.15, -0.1) is 0 Å². The number of piperazine rings is 1. The van der Waals surface area contributed by atoms with E-state index in [0.717, 1.165) is 44.4 Å². The Kier molecular flexibility index (Phi) is 6.59. The molecule has 0 atom stereocenters. The van der Waals surface area contributed by atoms with Crippen LogP contribution in [0.15, 0.2) is 42.7 Å². The van der Waals surface area contributed by atoms with Crippen molar-refractivity contribution in [2.24, 2.45) is 0 Å². The minimum atomic E-state index is 0.00336. The van der Waals surface area contributed by atoms with E-state index >= 15 is 0 Å². The molecule has 0 saturated carbocycles. The Morgan fingerprint density at radius 3 is 2.52 bits per heavy atom. The Balaban J connectivity index is 1.44. The summed E-state index contributed by atoms with van der Waals surface area (Å²) in [6, 6.07) is 9.37. The molecule has 0 unspecified atom stereocenters. The van der Waals surface area contributed by atoms with E-state index < -0.39 is 0 Å². The maximum absolute atomic E-state index is 12.4. The number of anilines is 2. The number of para-hydroxylation sites is 2. The summed E-state index contributed by atoms with van der Waals surface area (Å²) >= 11 is 0. The molecule has 1 aromatic heterocycles. The summed E-state index contributed by atoms with van der Waals surface area (Å²) in [6.07, 6.45) is 4.05. The van der Waals surface area contributed by atoms with Crippen molar-refractivity contribution in [3.05, 3.63) is 42.7 Å². The molecule has 0 radical (unpaired) electrons. The van der Waals surface area contributed by atoms with Crippen molar-refractivity contribution in [1.82, 2.24) is 14.9 Å². The third-order valence-corrected chi connectivity index (χ3v) is 4.39. The highest BCUT2D eigenvalue weighted by Crippen LogP contribution is 2.25. The number of rotatable bonds is 7. The van der Waals surface area contributed by atoms with Gasteiger partial charge in [-0.2, -0.15) is 0 Å². The highest BCUT2D eigenvalue weighted by Gasteiger charge is 2.19. The van der Waals surface area contributed by atoms with Crippen LogP contribution in [0.2, 0.25) is 0 Å². The smallest absolute Gasteiger partial charge is 0.225 e. The molecule has 0 spiro atoms. The fraction of sp³-hybridized carbons (Fsp3) is 0.450. The second kappa shape index (κ2) is 9.32. The van der Waals surface area contributed by atoms with Crippen molar-refractivity contribution in [2.45, 2.75) is 26.4 Å². The number of hydrogen-bond acceptors (Lipinski definition) is 6. The van der Waals surface area contributed by atoms with Crippen molar-refractivity contribution in [1.29, 1.82) is 0 Å². The van der Waals surface area contributed by atoms with Gasteiger partial charge in [-0.25, -0.2) is 9.97 Å². The van der Waals surface area contributed by atoms with Gasteiger partial charge in [-0.1, -0.05) is 12.1 Å². The van der Waals surface area contributed by atoms with Crippen LogP contribution in [-0.2, 0) is 4.79 Å². The average molecular weight is 369 g/mol. The molecular weight excluding hydrogens is 342 g/mol. The van der Waals surface area contributed by atoms with Gasteiger partial charge in [-0.05, 0) is 32.0 Å². The molecule has 1 aromatic carbocycles. The van der Waals surface area contributed by atoms with Crippen LogP contribution in [-0.4, -0.2) is 59.6 Å². The maximum atomic E-state index is 12.4. The van der Waals surface area contributed by atoms with E-state index in [2.05, 4.69) is 25.1 Å². The number of nitrogens with one attached hydrogen (secondary N) is 1. The Hall–Kier alpha value is -2.67. The monoisotopic (exact) mass is 369 g/mol. The predicted octanol–water partition coefficient (Wildman–Crippen LogP) is 2.41. The summed E-state index contributed by atoms with van der Waals surface area (Å²) in [5, 5.41) is 2.97. The van der Waals surface area contributed by atoms with Crippen LogP contribution in [0.3, 0.4) is 0 Å². The number of hydrogen-bond donors (Lipinski definition) is 1. The lowest BCUT2D eigenvalue weighted by atomic mass is 10.2. The van der Waals surface area contributed by atoms with Crippen molar-refractivity contribution >= 4 is 17.5 Å². The first-order chi connectivity index (χ1) is 13.1. The number of nitrogens with zero attached hydrogens (tertiary/aromatic N) is 4. The fourth-order valence-electron chi connectivity index (χ4n) is 3.02. The van der Waals surface area contributed by atoms with E-state index in [1.807, 2.05) is 44.2 Å². The molecule has 1 saturated heterocycles. The summed E-state index contributed by atoms with van der Waals surface area (Å²) in [5.74, 6) is 1.48. The minimum absolute atomic E-state index is 0.00336. The van der Waals surface area contributed by atoms with Gasteiger partial charge in [0.1, 0.15) is 5.75 Å². The van der Waals surface area contributed by atoms with Crippen molar-refractivity contribution in [2.75, 3.05) is 42.9 Å². The van der Waals surface area contributed by atoms with Gasteiger partial charge in [0.15, 0.2) is 0 Å². The lowest BCUT2D eigenvalue weighted by molar-refractivity contribution is -0.116. The van der Waals surface area contributed by atoms with E-state index in [4.69, 9.17) is 4.74 Å². The molecule has 27 heavy (non-hydrogen) atoms. The Morgan fingerprint density at radius 2 is 1.81 bits per heavy atom. The lowest BCUT2D eigenvalue weighted by Crippen LogP contribution is -2.47. The Bertz CT molecular complexity index is 730. The zero-order valence-electron chi connectivity index (χ0n) is 16.0. The van der Waals surface area contributed by atoms with Crippen LogP contribution in [0.5, 0.6) is 5.75 Å². The first kappa shape index (κ1) is 19.1. The normalized spacial score (nSPS) is 15.0. The topological polar surface area (TPSA) is 70.6 Å². The molecule has 144 valence electrons. The van der Waals surface area contributed by atoms with Crippen molar-refractivity contribution < 1.29 is 9.53 Å². The molecule has 1 aliphatic rings. The first-order valence-corrected chi connectivity index (χ1v) is 9.41. The number of carbonyl (C=O) groups is 1. The molecule has 2 aromatic rings. The zero-order valence-corrected chi connectivity index (χ0v) is 16.0. The first-order valence-electron chi connectivity index (χ1n) is 9.41. The molecule has 3 rings (SSSR count). The number of amides is 1. The third-order valence-electron chi connectivity index (χ3n) is 4.39. The van der Waals surface area contributed by atoms with Gasteiger partial charge < -0.3 is 15.0 Å². The van der Waals surface area contributed by atoms with Gasteiger partial charge in [0.2, 0.25) is 11.9 Å². The van der Waals surface area contributed by atoms with E-state index in [0.29, 0.717) is 12.2 Å². The molecule has 2 heterocycles. The molecule has 1 fully saturated rings. The lowest BCUT2D eigenvalue weighted by Gasteiger charge is -2.34. The minimum Gasteiger partial charge on any atom is -0.489 e. The van der Waals surface area contributed by atoms with E-state index in [1.165, 1.54) is 0 Å². The molecule has 1 amide bonds. The maximum Gasteiger partial charge on any atom is 0.225 e. The molecule has 1 aliphatic heterocycles. The van der Waals surface area contributed by atoms with Gasteiger partial charge >= 0.3 is 0 Å². The second-order valence-electron chi connectivity index (χ2n) is 6.84. The van der Waals surface area contributed by atoms with Crippen molar-refractivity contribution in [3.8, 4) is 5.75 Å². The number of ether oxygens (including phenoxy) is 1. The summed E-state index contributed by atoms with van der Waals surface area (Å²) in [6.45, 7) is 8.23. The van der Waals surface area contributed by atoms with Crippen LogP contribution < -0.4 is 15.0 Å². The molecule has 0 aliphatic carbocycles. The standard InChI is InChI=1S/C20H27N5O2/c1-16(2)27-18-7-4-3-6-17(18)23-19(26)8-11-24-12-14-25(15-13-24)20-21-9-5-10-22-20/h3-7,9-10,16H,8,11-15H2,1-2H3,(H,23,26). The van der Waals surface area contributed by atoms with E-state index in [1.54, 1.807) is 12.4 Å². The quantitative estimate of drug-likeness (QED) is 0.808. The number of benzene rings is 1. The van der Waals surface area contributed by atoms with Crippen molar-refractivity contribution in [3.63, 3.8) is 0 Å². The highest BCUT2D eigenvalue weighted by atomic mass is 16.5. The SMILES string of the molecule is CC(C)Oc1ccccc1NC(=O)CCN1CCN(c2ncccn2)CC1. The number of aromatic nitrogens is 2. The summed E-state index contributed by atoms with van der Waals surface area (Å²) in [5.41, 5.74) is 0.724. The molecule has 7 nitrogen and oxygen atoms in total. The fourth-order valence-corrected chi connectivity index (χ4v) is 3.02. The van der Waals surface area contributed by atoms with E-state index in [-0.39, 0.29) is 12.0 Å². The van der Waals surface area contributed by atoms with Gasteiger partial charge in [0.25, 0.3) is 0 Å². The molecule has 0 bridgehead atoms. The van der Waals surface area contributed by atoms with Crippen LogP contribution >= 0.6 is 0 Å². The average Bonchev–Trinajstić information content (AvgIpc) is 2.69. The van der Waals surface area contributed by atoms with E-state index in [9.17, 15) is 4.79 Å². The third kappa shape index (κ3) is 5.65. The zero-order chi connectivity index (χ0) is 19.1. The van der Waals surface area contributed by atoms with Crippen LogP contribution in [0.25, 0.3) is 0 Å². The summed E-state index contributed by atoms with van der Waals surface area (Å²) < 4.78 is 5.75. The molecular formula is C20H27N5O2. The highest BCUT2D eigenvalue weighted by molar-refractivity contribution is 5.92. The summed E-state index contributed by atoms with van der Waals surface area (Å²) in [7, 11) is 0. The largest absolute Gasteiger partial charge is 0.489 e. The van der Waals surface area contributed by atoms with Crippen LogP contribution in [0, 0.1) is 0 Å². The van der Waals surface area contributed by atoms with Gasteiger partial charge in [0, 0.05) is 51.5 Å². The summed E-state index contributed by atoms with van der Waals surface area (Å²) in [4.78, 5) is 25.4. The van der Waals surface area contributed by atoms with Crippen LogP contribution in [0.1, 0.15) is 20.3 Å². The Morgan fingerprint density at radius 1 is 1.11 bits per heavy atom. The second-order valence-corrected chi connectivity index (χ2v) is 6.84. The Labute approximate surface area is 160 Å².